The van der Waals surface area contributed by atoms with Gasteiger partial charge in [-0.15, -0.1) is 0 Å². The third kappa shape index (κ3) is 6.89. The molecule has 0 bridgehead atoms. The zero-order valence-electron chi connectivity index (χ0n) is 18.8. The Morgan fingerprint density at radius 1 is 1.14 bits per heavy atom. The Hall–Kier alpha value is -1.40. The number of aryl methyl sites for hydroxylation is 1. The number of rotatable bonds is 10. The second kappa shape index (κ2) is 11.0. The van der Waals surface area contributed by atoms with Gasteiger partial charge in [0.2, 0.25) is 5.91 Å². The lowest BCUT2D eigenvalue weighted by molar-refractivity contribution is -0.121. The van der Waals surface area contributed by atoms with Gasteiger partial charge in [-0.2, -0.15) is 5.10 Å². The Bertz CT molecular complexity index is 618. The zero-order valence-corrected chi connectivity index (χ0v) is 18.8. The van der Waals surface area contributed by atoms with Crippen LogP contribution >= 0.6 is 0 Å². The van der Waals surface area contributed by atoms with Gasteiger partial charge in [0.1, 0.15) is 0 Å². The highest BCUT2D eigenvalue weighted by atomic mass is 16.5. The number of aromatic nitrogens is 2. The molecule has 1 aromatic heterocycles. The third-order valence-corrected chi connectivity index (χ3v) is 5.51. The Morgan fingerprint density at radius 3 is 2.43 bits per heavy atom. The van der Waals surface area contributed by atoms with Crippen LogP contribution in [0.2, 0.25) is 0 Å². The van der Waals surface area contributed by atoms with Crippen LogP contribution in [0.4, 0.5) is 0 Å². The Kier molecular flexibility index (Phi) is 8.96. The fourth-order valence-corrected chi connectivity index (χ4v) is 4.03. The topological polar surface area (TPSA) is 59.4 Å². The number of nitrogens with zero attached hydrogens (tertiary/aromatic N) is 3. The first-order valence-electron chi connectivity index (χ1n) is 10.9. The van der Waals surface area contributed by atoms with E-state index in [9.17, 15) is 4.79 Å². The van der Waals surface area contributed by atoms with Gasteiger partial charge in [0.15, 0.2) is 0 Å². The van der Waals surface area contributed by atoms with Crippen LogP contribution < -0.4 is 5.32 Å². The molecule has 2 heterocycles. The molecule has 1 N–H and O–H groups in total. The van der Waals surface area contributed by atoms with E-state index < -0.39 is 0 Å². The van der Waals surface area contributed by atoms with Crippen molar-refractivity contribution < 1.29 is 9.53 Å². The molecular weight excluding hydrogens is 352 g/mol. The second-order valence-electron chi connectivity index (χ2n) is 8.96. The molecular formula is C22H40N4O2. The number of amides is 1. The maximum Gasteiger partial charge on any atom is 0.220 e. The zero-order chi connectivity index (χ0) is 20.7. The lowest BCUT2D eigenvalue weighted by Crippen LogP contribution is -2.49. The normalized spacial score (nSPS) is 16.7. The van der Waals surface area contributed by atoms with Crippen molar-refractivity contribution >= 4 is 5.91 Å². The van der Waals surface area contributed by atoms with Crippen LogP contribution in [0.1, 0.15) is 57.5 Å². The average Bonchev–Trinajstić information content (AvgIpc) is 2.90. The van der Waals surface area contributed by atoms with Gasteiger partial charge in [-0.05, 0) is 44.1 Å². The van der Waals surface area contributed by atoms with Gasteiger partial charge in [0, 0.05) is 44.3 Å². The van der Waals surface area contributed by atoms with Gasteiger partial charge in [-0.25, -0.2) is 0 Å². The molecule has 1 amide bonds. The van der Waals surface area contributed by atoms with E-state index in [1.807, 2.05) is 6.92 Å². The summed E-state index contributed by atoms with van der Waals surface area (Å²) in [7, 11) is 0. The van der Waals surface area contributed by atoms with E-state index >= 15 is 0 Å². The predicted octanol–water partition coefficient (Wildman–Crippen LogP) is 2.95. The van der Waals surface area contributed by atoms with Gasteiger partial charge < -0.3 is 10.1 Å². The first kappa shape index (κ1) is 22.9. The molecule has 1 aliphatic rings. The van der Waals surface area contributed by atoms with Crippen molar-refractivity contribution in [2.24, 2.45) is 11.8 Å². The molecule has 0 aromatic carbocycles. The number of morpholine rings is 1. The molecule has 6 heteroatoms. The van der Waals surface area contributed by atoms with Crippen LogP contribution in [0.25, 0.3) is 0 Å². The van der Waals surface area contributed by atoms with E-state index in [0.29, 0.717) is 24.3 Å². The van der Waals surface area contributed by atoms with E-state index in [4.69, 9.17) is 4.74 Å². The monoisotopic (exact) mass is 392 g/mol. The molecule has 0 saturated carbocycles. The molecule has 2 rings (SSSR count). The van der Waals surface area contributed by atoms with E-state index in [1.54, 1.807) is 0 Å². The van der Waals surface area contributed by atoms with Gasteiger partial charge in [-0.1, -0.05) is 27.7 Å². The summed E-state index contributed by atoms with van der Waals surface area (Å²) in [5.74, 6) is 1.31. The molecule has 1 aromatic rings. The standard InChI is InChI=1S/C22H40N4O2/c1-16(2)13-20(25-9-11-28-12-10-25)14-23-22(27)8-7-21-18(5)24-26(19(21)6)15-17(3)4/h16-17,20H,7-15H2,1-6H3,(H,23,27). The number of hydrogen-bond acceptors (Lipinski definition) is 4. The van der Waals surface area contributed by atoms with Crippen LogP contribution in [0, 0.1) is 25.7 Å². The summed E-state index contributed by atoms with van der Waals surface area (Å²) in [5, 5.41) is 7.85. The average molecular weight is 393 g/mol. The molecule has 28 heavy (non-hydrogen) atoms. The summed E-state index contributed by atoms with van der Waals surface area (Å²) >= 11 is 0. The third-order valence-electron chi connectivity index (χ3n) is 5.51. The molecule has 0 radical (unpaired) electrons. The number of ether oxygens (including phenoxy) is 1. The van der Waals surface area contributed by atoms with Crippen LogP contribution in [-0.2, 0) is 22.5 Å². The number of hydrogen-bond donors (Lipinski definition) is 1. The van der Waals surface area contributed by atoms with Crippen molar-refractivity contribution in [2.45, 2.75) is 73.4 Å². The molecule has 1 saturated heterocycles. The molecule has 1 aliphatic heterocycles. The molecule has 0 aliphatic carbocycles. The minimum Gasteiger partial charge on any atom is -0.379 e. The van der Waals surface area contributed by atoms with Crippen LogP contribution in [0.3, 0.4) is 0 Å². The summed E-state index contributed by atoms with van der Waals surface area (Å²) in [5.41, 5.74) is 3.48. The predicted molar refractivity (Wildman–Crippen MR) is 114 cm³/mol. The number of nitrogens with one attached hydrogen (secondary N) is 1. The maximum absolute atomic E-state index is 12.5. The largest absolute Gasteiger partial charge is 0.379 e. The van der Waals surface area contributed by atoms with Crippen LogP contribution in [0.5, 0.6) is 0 Å². The van der Waals surface area contributed by atoms with Crippen molar-refractivity contribution in [3.63, 3.8) is 0 Å². The van der Waals surface area contributed by atoms with E-state index in [1.165, 1.54) is 11.3 Å². The minimum absolute atomic E-state index is 0.137. The lowest BCUT2D eigenvalue weighted by Gasteiger charge is -2.35. The Labute approximate surface area is 171 Å². The smallest absolute Gasteiger partial charge is 0.220 e. The number of carbonyl (C=O) groups is 1. The lowest BCUT2D eigenvalue weighted by atomic mass is 10.0. The Morgan fingerprint density at radius 2 is 1.82 bits per heavy atom. The van der Waals surface area contributed by atoms with Crippen LogP contribution in [-0.4, -0.2) is 59.5 Å². The van der Waals surface area contributed by atoms with Gasteiger partial charge in [-0.3, -0.25) is 14.4 Å². The van der Waals surface area contributed by atoms with Gasteiger partial charge in [0.05, 0.1) is 18.9 Å². The number of carbonyl (C=O) groups excluding carboxylic acids is 1. The first-order valence-corrected chi connectivity index (χ1v) is 10.9. The summed E-state index contributed by atoms with van der Waals surface area (Å²) in [6.07, 6.45) is 2.38. The SMILES string of the molecule is Cc1nn(CC(C)C)c(C)c1CCC(=O)NCC(CC(C)C)N1CCOCC1. The van der Waals surface area contributed by atoms with Crippen molar-refractivity contribution in [3.8, 4) is 0 Å². The summed E-state index contributed by atoms with van der Waals surface area (Å²) in [4.78, 5) is 15.0. The molecule has 1 atom stereocenters. The molecule has 1 fully saturated rings. The molecule has 0 spiro atoms. The van der Waals surface area contributed by atoms with Gasteiger partial charge >= 0.3 is 0 Å². The summed E-state index contributed by atoms with van der Waals surface area (Å²) in [6, 6.07) is 0.394. The Balaban J connectivity index is 1.86. The highest BCUT2D eigenvalue weighted by Crippen LogP contribution is 2.17. The fourth-order valence-electron chi connectivity index (χ4n) is 4.03. The van der Waals surface area contributed by atoms with Crippen molar-refractivity contribution in [1.29, 1.82) is 0 Å². The molecule has 6 nitrogen and oxygen atoms in total. The van der Waals surface area contributed by atoms with E-state index in [0.717, 1.165) is 57.9 Å². The fraction of sp³-hybridized carbons (Fsp3) is 0.818. The molecule has 160 valence electrons. The summed E-state index contributed by atoms with van der Waals surface area (Å²) < 4.78 is 7.57. The minimum atomic E-state index is 0.137. The summed E-state index contributed by atoms with van der Waals surface area (Å²) in [6.45, 7) is 18.2. The van der Waals surface area contributed by atoms with Gasteiger partial charge in [0.25, 0.3) is 0 Å². The van der Waals surface area contributed by atoms with Crippen molar-refractivity contribution in [3.05, 3.63) is 17.0 Å². The van der Waals surface area contributed by atoms with E-state index in [-0.39, 0.29) is 5.91 Å². The first-order chi connectivity index (χ1) is 13.3. The molecule has 1 unspecified atom stereocenters. The van der Waals surface area contributed by atoms with Crippen molar-refractivity contribution in [1.82, 2.24) is 20.0 Å². The van der Waals surface area contributed by atoms with E-state index in [2.05, 4.69) is 54.6 Å². The quantitative estimate of drug-likeness (QED) is 0.665. The van der Waals surface area contributed by atoms with Crippen LogP contribution in [0.15, 0.2) is 0 Å². The maximum atomic E-state index is 12.5. The highest BCUT2D eigenvalue weighted by Gasteiger charge is 2.22. The second-order valence-corrected chi connectivity index (χ2v) is 8.96. The highest BCUT2D eigenvalue weighted by molar-refractivity contribution is 5.76. The van der Waals surface area contributed by atoms with Crippen molar-refractivity contribution in [2.75, 3.05) is 32.8 Å².